The van der Waals surface area contributed by atoms with Gasteiger partial charge in [-0.05, 0) is 43.4 Å². The number of halogens is 2. The normalized spacial score (nSPS) is 21.8. The third kappa shape index (κ3) is 3.48. The van der Waals surface area contributed by atoms with Crippen LogP contribution in [0.15, 0.2) is 18.2 Å². The van der Waals surface area contributed by atoms with Crippen molar-refractivity contribution in [3.05, 3.63) is 35.4 Å². The zero-order chi connectivity index (χ0) is 13.0. The predicted molar refractivity (Wildman–Crippen MR) is 64.8 cm³/mol. The van der Waals surface area contributed by atoms with E-state index in [0.717, 1.165) is 31.9 Å². The maximum atomic E-state index is 13.1. The molecule has 1 saturated heterocycles. The van der Waals surface area contributed by atoms with Crippen molar-refractivity contribution in [2.45, 2.75) is 37.8 Å². The Bertz CT molecular complexity index is 374. The van der Waals surface area contributed by atoms with E-state index in [1.54, 1.807) is 0 Å². The first-order valence-corrected chi connectivity index (χ1v) is 6.22. The molecule has 0 amide bonds. The average molecular weight is 256 g/mol. The van der Waals surface area contributed by atoms with E-state index in [1.807, 2.05) is 0 Å². The summed E-state index contributed by atoms with van der Waals surface area (Å²) in [5.41, 5.74) is 3.28. The first-order valence-electron chi connectivity index (χ1n) is 6.22. The van der Waals surface area contributed by atoms with Crippen LogP contribution in [0, 0.1) is 11.6 Å². The highest BCUT2D eigenvalue weighted by molar-refractivity contribution is 5.19. The van der Waals surface area contributed by atoms with Crippen molar-refractivity contribution >= 4 is 0 Å². The number of ether oxygens (including phenoxy) is 1. The van der Waals surface area contributed by atoms with E-state index in [1.165, 1.54) is 12.1 Å². The van der Waals surface area contributed by atoms with Crippen molar-refractivity contribution in [2.24, 2.45) is 5.84 Å². The van der Waals surface area contributed by atoms with Crippen LogP contribution in [0.5, 0.6) is 0 Å². The van der Waals surface area contributed by atoms with E-state index >= 15 is 0 Å². The fourth-order valence-electron chi connectivity index (χ4n) is 2.36. The molecule has 0 saturated carbocycles. The van der Waals surface area contributed by atoms with Gasteiger partial charge in [0.1, 0.15) is 11.6 Å². The Balaban J connectivity index is 2.04. The molecule has 1 aliphatic heterocycles. The van der Waals surface area contributed by atoms with E-state index < -0.39 is 11.6 Å². The second-order valence-corrected chi connectivity index (χ2v) is 4.66. The Morgan fingerprint density at radius 2 is 2.00 bits per heavy atom. The van der Waals surface area contributed by atoms with Gasteiger partial charge in [-0.15, -0.1) is 0 Å². The first kappa shape index (κ1) is 13.4. The van der Waals surface area contributed by atoms with Gasteiger partial charge in [0.05, 0.1) is 12.1 Å². The summed E-state index contributed by atoms with van der Waals surface area (Å²) in [6, 6.07) is 3.41. The van der Waals surface area contributed by atoms with Crippen molar-refractivity contribution in [1.29, 1.82) is 0 Å². The molecule has 1 fully saturated rings. The number of nitrogens with two attached hydrogens (primary N) is 1. The lowest BCUT2D eigenvalue weighted by Crippen LogP contribution is -2.47. The number of hydrogen-bond acceptors (Lipinski definition) is 3. The molecule has 18 heavy (non-hydrogen) atoms. The molecule has 3 N–H and O–H groups in total. The standard InChI is InChI=1S/C13H18F2N2O/c14-10-5-9(6-11(15)8-10)7-12(17-16)13-3-1-2-4-18-13/h5-6,8,12-13,17H,1-4,7,16H2. The van der Waals surface area contributed by atoms with Crippen LogP contribution < -0.4 is 11.3 Å². The topological polar surface area (TPSA) is 47.3 Å². The van der Waals surface area contributed by atoms with Gasteiger partial charge in [-0.25, -0.2) is 8.78 Å². The summed E-state index contributed by atoms with van der Waals surface area (Å²) >= 11 is 0. The molecule has 0 aromatic heterocycles. The predicted octanol–water partition coefficient (Wildman–Crippen LogP) is 1.91. The molecule has 5 heteroatoms. The zero-order valence-corrected chi connectivity index (χ0v) is 10.2. The molecule has 0 bridgehead atoms. The highest BCUT2D eigenvalue weighted by atomic mass is 19.1. The lowest BCUT2D eigenvalue weighted by Gasteiger charge is -2.30. The molecule has 1 aromatic carbocycles. The molecular weight excluding hydrogens is 238 g/mol. The minimum atomic E-state index is -0.565. The Hall–Kier alpha value is -1.04. The molecule has 2 unspecified atom stereocenters. The summed E-state index contributed by atoms with van der Waals surface area (Å²) in [4.78, 5) is 0. The fourth-order valence-corrected chi connectivity index (χ4v) is 2.36. The van der Waals surface area contributed by atoms with Gasteiger partial charge in [0.25, 0.3) is 0 Å². The van der Waals surface area contributed by atoms with Gasteiger partial charge in [0.15, 0.2) is 0 Å². The molecule has 2 atom stereocenters. The summed E-state index contributed by atoms with van der Waals surface area (Å²) < 4.78 is 31.8. The minimum absolute atomic E-state index is 0.00933. The maximum absolute atomic E-state index is 13.1. The molecule has 0 spiro atoms. The summed E-state index contributed by atoms with van der Waals surface area (Å²) in [7, 11) is 0. The van der Waals surface area contributed by atoms with Crippen LogP contribution in [0.2, 0.25) is 0 Å². The fraction of sp³-hybridized carbons (Fsp3) is 0.538. The summed E-state index contributed by atoms with van der Waals surface area (Å²) in [5.74, 6) is 4.38. The van der Waals surface area contributed by atoms with Gasteiger partial charge in [-0.1, -0.05) is 0 Å². The third-order valence-corrected chi connectivity index (χ3v) is 3.26. The average Bonchev–Trinajstić information content (AvgIpc) is 2.36. The van der Waals surface area contributed by atoms with E-state index in [-0.39, 0.29) is 12.1 Å². The molecular formula is C13H18F2N2O. The molecule has 1 aromatic rings. The van der Waals surface area contributed by atoms with Crippen LogP contribution in [0.25, 0.3) is 0 Å². The molecule has 100 valence electrons. The number of benzene rings is 1. The lowest BCUT2D eigenvalue weighted by molar-refractivity contribution is -0.00746. The molecule has 0 aliphatic carbocycles. The van der Waals surface area contributed by atoms with Gasteiger partial charge in [0.2, 0.25) is 0 Å². The Morgan fingerprint density at radius 1 is 1.28 bits per heavy atom. The highest BCUT2D eigenvalue weighted by Crippen LogP contribution is 2.19. The van der Waals surface area contributed by atoms with Crippen LogP contribution in [0.3, 0.4) is 0 Å². The molecule has 1 heterocycles. The largest absolute Gasteiger partial charge is 0.377 e. The van der Waals surface area contributed by atoms with Crippen molar-refractivity contribution in [2.75, 3.05) is 6.61 Å². The third-order valence-electron chi connectivity index (χ3n) is 3.26. The molecule has 0 radical (unpaired) electrons. The number of hydrazine groups is 1. The summed E-state index contributed by atoms with van der Waals surface area (Å²) in [6.07, 6.45) is 3.54. The van der Waals surface area contributed by atoms with Gasteiger partial charge in [0, 0.05) is 12.7 Å². The van der Waals surface area contributed by atoms with Gasteiger partial charge in [-0.2, -0.15) is 0 Å². The van der Waals surface area contributed by atoms with Crippen LogP contribution in [-0.4, -0.2) is 18.8 Å². The van der Waals surface area contributed by atoms with Crippen LogP contribution in [0.1, 0.15) is 24.8 Å². The highest BCUT2D eigenvalue weighted by Gasteiger charge is 2.24. The van der Waals surface area contributed by atoms with Gasteiger partial charge < -0.3 is 4.74 Å². The number of rotatable bonds is 4. The zero-order valence-electron chi connectivity index (χ0n) is 10.2. The van der Waals surface area contributed by atoms with E-state index in [2.05, 4.69) is 5.43 Å². The quantitative estimate of drug-likeness (QED) is 0.639. The van der Waals surface area contributed by atoms with Crippen molar-refractivity contribution < 1.29 is 13.5 Å². The first-order chi connectivity index (χ1) is 8.69. The van der Waals surface area contributed by atoms with E-state index in [9.17, 15) is 8.78 Å². The summed E-state index contributed by atoms with van der Waals surface area (Å²) in [6.45, 7) is 0.723. The van der Waals surface area contributed by atoms with E-state index in [4.69, 9.17) is 10.6 Å². The second kappa shape index (κ2) is 6.22. The lowest BCUT2D eigenvalue weighted by atomic mass is 9.96. The second-order valence-electron chi connectivity index (χ2n) is 4.66. The number of nitrogens with one attached hydrogen (secondary N) is 1. The van der Waals surface area contributed by atoms with Gasteiger partial charge >= 0.3 is 0 Å². The summed E-state index contributed by atoms with van der Waals surface area (Å²) in [5, 5.41) is 0. The SMILES string of the molecule is NNC(Cc1cc(F)cc(F)c1)C1CCCCO1. The smallest absolute Gasteiger partial charge is 0.126 e. The Labute approximate surface area is 105 Å². The van der Waals surface area contributed by atoms with Crippen LogP contribution >= 0.6 is 0 Å². The van der Waals surface area contributed by atoms with Crippen molar-refractivity contribution in [3.63, 3.8) is 0 Å². The van der Waals surface area contributed by atoms with Crippen molar-refractivity contribution in [1.82, 2.24) is 5.43 Å². The van der Waals surface area contributed by atoms with Crippen LogP contribution in [0.4, 0.5) is 8.78 Å². The molecule has 1 aliphatic rings. The maximum Gasteiger partial charge on any atom is 0.126 e. The van der Waals surface area contributed by atoms with E-state index in [0.29, 0.717) is 12.0 Å². The molecule has 2 rings (SSSR count). The van der Waals surface area contributed by atoms with Gasteiger partial charge in [-0.3, -0.25) is 11.3 Å². The van der Waals surface area contributed by atoms with Crippen molar-refractivity contribution in [3.8, 4) is 0 Å². The monoisotopic (exact) mass is 256 g/mol. The number of hydrogen-bond donors (Lipinski definition) is 2. The van der Waals surface area contributed by atoms with Crippen LogP contribution in [-0.2, 0) is 11.2 Å². The Morgan fingerprint density at radius 3 is 2.56 bits per heavy atom. The Kier molecular flexibility index (Phi) is 4.63. The minimum Gasteiger partial charge on any atom is -0.377 e. The molecule has 3 nitrogen and oxygen atoms in total.